The van der Waals surface area contributed by atoms with Gasteiger partial charge in [-0.1, -0.05) is 36.4 Å². The number of benzene rings is 3. The van der Waals surface area contributed by atoms with Crippen molar-refractivity contribution in [3.63, 3.8) is 0 Å². The van der Waals surface area contributed by atoms with Gasteiger partial charge >= 0.3 is 0 Å². The maximum atomic E-state index is 9.27. The second kappa shape index (κ2) is 8.72. The van der Waals surface area contributed by atoms with Gasteiger partial charge in [0.05, 0.1) is 22.2 Å². The molecule has 30 heavy (non-hydrogen) atoms. The largest absolute Gasteiger partial charge is 0.486 e. The van der Waals surface area contributed by atoms with E-state index in [1.807, 2.05) is 36.4 Å². The fourth-order valence-electron chi connectivity index (χ4n) is 2.97. The van der Waals surface area contributed by atoms with Crippen molar-refractivity contribution in [1.82, 2.24) is 9.97 Å². The van der Waals surface area contributed by atoms with E-state index >= 15 is 0 Å². The molecule has 4 aromatic rings. The Balaban J connectivity index is 1.64. The average Bonchev–Trinajstić information content (AvgIpc) is 2.81. The maximum absolute atomic E-state index is 9.27. The SMILES string of the molecule is N#Cc1ccccc1OCc1nc2ccccc2nc1COc1ccccc1C#N. The van der Waals surface area contributed by atoms with Gasteiger partial charge < -0.3 is 9.47 Å². The molecule has 1 aromatic heterocycles. The van der Waals surface area contributed by atoms with Crippen molar-refractivity contribution < 1.29 is 9.47 Å². The van der Waals surface area contributed by atoms with Crippen molar-refractivity contribution in [1.29, 1.82) is 10.5 Å². The molecular formula is C24H16N4O2. The second-order valence-corrected chi connectivity index (χ2v) is 6.40. The van der Waals surface area contributed by atoms with Crippen LogP contribution in [0.3, 0.4) is 0 Å². The Morgan fingerprint density at radius 1 is 0.600 bits per heavy atom. The summed E-state index contributed by atoms with van der Waals surface area (Å²) in [6, 6.07) is 25.9. The summed E-state index contributed by atoms with van der Waals surface area (Å²) in [6.07, 6.45) is 0. The molecule has 0 saturated carbocycles. The van der Waals surface area contributed by atoms with E-state index in [0.29, 0.717) is 34.0 Å². The highest BCUT2D eigenvalue weighted by atomic mass is 16.5. The fourth-order valence-corrected chi connectivity index (χ4v) is 2.97. The van der Waals surface area contributed by atoms with Crippen LogP contribution in [0, 0.1) is 22.7 Å². The summed E-state index contributed by atoms with van der Waals surface area (Å²) in [5, 5.41) is 18.5. The van der Waals surface area contributed by atoms with Gasteiger partial charge in [0.25, 0.3) is 0 Å². The van der Waals surface area contributed by atoms with Gasteiger partial charge in [0.2, 0.25) is 0 Å². The summed E-state index contributed by atoms with van der Waals surface area (Å²) in [7, 11) is 0. The Bertz CT molecular complexity index is 1190. The molecule has 6 heteroatoms. The zero-order valence-electron chi connectivity index (χ0n) is 15.9. The maximum Gasteiger partial charge on any atom is 0.137 e. The summed E-state index contributed by atoms with van der Waals surface area (Å²) in [6.45, 7) is 0.268. The van der Waals surface area contributed by atoms with Crippen LogP contribution in [0.1, 0.15) is 22.5 Å². The Hall–Kier alpha value is -4.42. The van der Waals surface area contributed by atoms with Crippen molar-refractivity contribution >= 4 is 11.0 Å². The van der Waals surface area contributed by atoms with Crippen LogP contribution in [0.2, 0.25) is 0 Å². The van der Waals surface area contributed by atoms with Crippen LogP contribution >= 0.6 is 0 Å². The lowest BCUT2D eigenvalue weighted by molar-refractivity contribution is 0.277. The number of hydrogen-bond acceptors (Lipinski definition) is 6. The van der Waals surface area contributed by atoms with Crippen molar-refractivity contribution in [2.75, 3.05) is 0 Å². The number of nitriles is 2. The van der Waals surface area contributed by atoms with E-state index in [9.17, 15) is 10.5 Å². The zero-order valence-corrected chi connectivity index (χ0v) is 15.9. The third-order valence-electron chi connectivity index (χ3n) is 4.47. The minimum Gasteiger partial charge on any atom is -0.486 e. The Kier molecular flexibility index (Phi) is 5.50. The molecule has 0 amide bonds. The Morgan fingerprint density at radius 2 is 1.00 bits per heavy atom. The van der Waals surface area contributed by atoms with Crippen LogP contribution in [-0.4, -0.2) is 9.97 Å². The van der Waals surface area contributed by atoms with Crippen LogP contribution < -0.4 is 9.47 Å². The average molecular weight is 392 g/mol. The topological polar surface area (TPSA) is 91.8 Å². The molecule has 0 saturated heterocycles. The Morgan fingerprint density at radius 3 is 1.43 bits per heavy atom. The number of hydrogen-bond donors (Lipinski definition) is 0. The Labute approximate surface area is 173 Å². The molecule has 6 nitrogen and oxygen atoms in total. The fraction of sp³-hybridized carbons (Fsp3) is 0.0833. The number of fused-ring (bicyclic) bond motifs is 1. The molecule has 0 N–H and O–H groups in total. The van der Waals surface area contributed by atoms with E-state index in [2.05, 4.69) is 22.1 Å². The molecule has 0 fully saturated rings. The molecule has 1 heterocycles. The molecular weight excluding hydrogens is 376 g/mol. The molecule has 0 bridgehead atoms. The van der Waals surface area contributed by atoms with Gasteiger partial charge in [0.1, 0.15) is 48.2 Å². The minimum atomic E-state index is 0.134. The summed E-state index contributed by atoms with van der Waals surface area (Å²) in [5.74, 6) is 0.966. The molecule has 0 unspecified atom stereocenters. The van der Waals surface area contributed by atoms with E-state index in [0.717, 1.165) is 11.0 Å². The van der Waals surface area contributed by atoms with Gasteiger partial charge in [0, 0.05) is 0 Å². The smallest absolute Gasteiger partial charge is 0.137 e. The molecule has 0 aliphatic heterocycles. The highest BCUT2D eigenvalue weighted by molar-refractivity contribution is 5.74. The predicted octanol–water partition coefficient (Wildman–Crippen LogP) is 4.53. The van der Waals surface area contributed by atoms with Crippen LogP contribution in [0.15, 0.2) is 72.8 Å². The van der Waals surface area contributed by atoms with Gasteiger partial charge in [0.15, 0.2) is 0 Å². The molecule has 4 rings (SSSR count). The molecule has 0 aliphatic rings. The first kappa shape index (κ1) is 18.9. The van der Waals surface area contributed by atoms with E-state index in [-0.39, 0.29) is 13.2 Å². The lowest BCUT2D eigenvalue weighted by atomic mass is 10.2. The van der Waals surface area contributed by atoms with Crippen LogP contribution in [-0.2, 0) is 13.2 Å². The van der Waals surface area contributed by atoms with E-state index in [1.54, 1.807) is 36.4 Å². The summed E-state index contributed by atoms with van der Waals surface area (Å²) >= 11 is 0. The monoisotopic (exact) mass is 392 g/mol. The van der Waals surface area contributed by atoms with Gasteiger partial charge in [-0.3, -0.25) is 0 Å². The lowest BCUT2D eigenvalue weighted by Crippen LogP contribution is -2.10. The van der Waals surface area contributed by atoms with Crippen molar-refractivity contribution in [3.05, 3.63) is 95.3 Å². The van der Waals surface area contributed by atoms with Gasteiger partial charge in [-0.2, -0.15) is 10.5 Å². The lowest BCUT2D eigenvalue weighted by Gasteiger charge is -2.13. The van der Waals surface area contributed by atoms with Gasteiger partial charge in [-0.15, -0.1) is 0 Å². The van der Waals surface area contributed by atoms with E-state index in [4.69, 9.17) is 9.47 Å². The highest BCUT2D eigenvalue weighted by Gasteiger charge is 2.13. The van der Waals surface area contributed by atoms with Crippen LogP contribution in [0.5, 0.6) is 11.5 Å². The summed E-state index contributed by atoms with van der Waals surface area (Å²) < 4.78 is 11.7. The molecule has 0 spiro atoms. The number of ether oxygens (including phenoxy) is 2. The van der Waals surface area contributed by atoms with Crippen LogP contribution in [0.25, 0.3) is 11.0 Å². The quantitative estimate of drug-likeness (QED) is 0.479. The third-order valence-corrected chi connectivity index (χ3v) is 4.47. The van der Waals surface area contributed by atoms with Gasteiger partial charge in [-0.05, 0) is 36.4 Å². The number of para-hydroxylation sites is 4. The standard InChI is InChI=1S/C24H16N4O2/c25-13-17-7-1-5-11-23(17)29-15-21-22(28-20-10-4-3-9-19(20)27-21)16-30-24-12-6-2-8-18(24)14-26/h1-12H,15-16H2. The zero-order chi connectivity index (χ0) is 20.8. The van der Waals surface area contributed by atoms with Crippen LogP contribution in [0.4, 0.5) is 0 Å². The number of aromatic nitrogens is 2. The predicted molar refractivity (Wildman–Crippen MR) is 111 cm³/mol. The number of nitrogens with zero attached hydrogens (tertiary/aromatic N) is 4. The van der Waals surface area contributed by atoms with Crippen molar-refractivity contribution in [2.45, 2.75) is 13.2 Å². The van der Waals surface area contributed by atoms with E-state index < -0.39 is 0 Å². The number of rotatable bonds is 6. The van der Waals surface area contributed by atoms with Crippen molar-refractivity contribution in [2.24, 2.45) is 0 Å². The second-order valence-electron chi connectivity index (χ2n) is 6.40. The molecule has 0 radical (unpaired) electrons. The summed E-state index contributed by atoms with van der Waals surface area (Å²) in [5.41, 5.74) is 3.60. The minimum absolute atomic E-state index is 0.134. The van der Waals surface area contributed by atoms with E-state index in [1.165, 1.54) is 0 Å². The highest BCUT2D eigenvalue weighted by Crippen LogP contribution is 2.22. The molecule has 0 aliphatic carbocycles. The molecule has 3 aromatic carbocycles. The third kappa shape index (κ3) is 4.04. The normalized spacial score (nSPS) is 10.2. The van der Waals surface area contributed by atoms with Crippen molar-refractivity contribution in [3.8, 4) is 23.6 Å². The first-order chi connectivity index (χ1) is 14.8. The molecule has 144 valence electrons. The first-order valence-corrected chi connectivity index (χ1v) is 9.27. The summed E-state index contributed by atoms with van der Waals surface area (Å²) in [4.78, 5) is 9.37. The van der Waals surface area contributed by atoms with Gasteiger partial charge in [-0.25, -0.2) is 9.97 Å². The first-order valence-electron chi connectivity index (χ1n) is 9.27. The molecule has 0 atom stereocenters.